The molecular formula is C23H26FN3O5. The van der Waals surface area contributed by atoms with Crippen LogP contribution >= 0.6 is 0 Å². The first kappa shape index (κ1) is 23.2. The molecule has 2 aromatic carbocycles. The zero-order chi connectivity index (χ0) is 23.1. The van der Waals surface area contributed by atoms with Crippen LogP contribution in [-0.2, 0) is 14.4 Å². The number of nitrogens with one attached hydrogen (secondary N) is 2. The van der Waals surface area contributed by atoms with Crippen LogP contribution < -0.4 is 15.5 Å². The first-order valence-corrected chi connectivity index (χ1v) is 10.4. The average Bonchev–Trinajstić information content (AvgIpc) is 2.83. The average molecular weight is 443 g/mol. The number of hydroxylamine groups is 1. The highest BCUT2D eigenvalue weighted by atomic mass is 19.1. The van der Waals surface area contributed by atoms with Gasteiger partial charge in [0.15, 0.2) is 0 Å². The Kier molecular flexibility index (Phi) is 7.77. The number of nitrogens with zero attached hydrogens (tertiary/aromatic N) is 1. The van der Waals surface area contributed by atoms with Gasteiger partial charge >= 0.3 is 0 Å². The number of benzene rings is 2. The number of methoxy groups -OCH3 is 1. The molecule has 1 saturated heterocycles. The van der Waals surface area contributed by atoms with Crippen molar-refractivity contribution in [1.29, 1.82) is 0 Å². The van der Waals surface area contributed by atoms with Crippen molar-refractivity contribution in [1.82, 2.24) is 10.4 Å². The Balaban J connectivity index is 1.83. The second-order valence-corrected chi connectivity index (χ2v) is 7.60. The minimum Gasteiger partial charge on any atom is -0.497 e. The molecule has 1 fully saturated rings. The predicted octanol–water partition coefficient (Wildman–Crippen LogP) is 2.83. The molecule has 0 bridgehead atoms. The van der Waals surface area contributed by atoms with Gasteiger partial charge in [0.25, 0.3) is 0 Å². The highest BCUT2D eigenvalue weighted by molar-refractivity contribution is 5.99. The molecule has 0 aromatic heterocycles. The van der Waals surface area contributed by atoms with E-state index in [1.54, 1.807) is 29.7 Å². The summed E-state index contributed by atoms with van der Waals surface area (Å²) in [4.78, 5) is 39.9. The van der Waals surface area contributed by atoms with Gasteiger partial charge < -0.3 is 15.0 Å². The summed E-state index contributed by atoms with van der Waals surface area (Å²) in [7, 11) is 1.52. The van der Waals surface area contributed by atoms with Gasteiger partial charge in [0.1, 0.15) is 17.6 Å². The molecule has 8 nitrogen and oxygen atoms in total. The Morgan fingerprint density at radius 3 is 2.44 bits per heavy atom. The molecule has 170 valence electrons. The molecule has 2 aromatic rings. The molecular weight excluding hydrogens is 417 g/mol. The number of carbonyl (C=O) groups excluding carboxylic acids is 3. The van der Waals surface area contributed by atoms with Crippen molar-refractivity contribution in [3.63, 3.8) is 0 Å². The number of amides is 3. The molecule has 2 atom stereocenters. The van der Waals surface area contributed by atoms with Gasteiger partial charge in [0.05, 0.1) is 13.0 Å². The first-order chi connectivity index (χ1) is 15.4. The molecule has 32 heavy (non-hydrogen) atoms. The summed E-state index contributed by atoms with van der Waals surface area (Å²) in [5.74, 6) is -2.15. The fourth-order valence-corrected chi connectivity index (χ4v) is 3.84. The number of halogens is 1. The maximum Gasteiger partial charge on any atom is 0.247 e. The lowest BCUT2D eigenvalue weighted by Gasteiger charge is -2.37. The van der Waals surface area contributed by atoms with Crippen LogP contribution in [-0.4, -0.2) is 47.5 Å². The molecule has 9 heteroatoms. The van der Waals surface area contributed by atoms with Crippen LogP contribution in [0.15, 0.2) is 48.5 Å². The zero-order valence-corrected chi connectivity index (χ0v) is 17.7. The summed E-state index contributed by atoms with van der Waals surface area (Å²) in [5, 5.41) is 11.7. The summed E-state index contributed by atoms with van der Waals surface area (Å²) in [6, 6.07) is 11.4. The third-order valence-electron chi connectivity index (χ3n) is 5.53. The van der Waals surface area contributed by atoms with Gasteiger partial charge in [-0.05, 0) is 61.2 Å². The van der Waals surface area contributed by atoms with Crippen molar-refractivity contribution < 1.29 is 28.7 Å². The van der Waals surface area contributed by atoms with Gasteiger partial charge in [-0.2, -0.15) is 0 Å². The van der Waals surface area contributed by atoms with E-state index >= 15 is 0 Å². The second kappa shape index (κ2) is 10.7. The highest BCUT2D eigenvalue weighted by Gasteiger charge is 2.37. The van der Waals surface area contributed by atoms with E-state index in [9.17, 15) is 18.8 Å². The fourth-order valence-electron chi connectivity index (χ4n) is 3.84. The molecule has 3 rings (SSSR count). The summed E-state index contributed by atoms with van der Waals surface area (Å²) >= 11 is 0. The molecule has 1 heterocycles. The number of hydrogen-bond donors (Lipinski definition) is 3. The van der Waals surface area contributed by atoms with Crippen molar-refractivity contribution in [2.45, 2.75) is 37.6 Å². The number of anilines is 1. The summed E-state index contributed by atoms with van der Waals surface area (Å²) < 4.78 is 18.3. The van der Waals surface area contributed by atoms with E-state index in [2.05, 4.69) is 5.32 Å². The van der Waals surface area contributed by atoms with Crippen molar-refractivity contribution in [3.05, 3.63) is 59.9 Å². The van der Waals surface area contributed by atoms with E-state index in [1.165, 1.54) is 36.3 Å². The van der Waals surface area contributed by atoms with Crippen molar-refractivity contribution in [3.8, 4) is 5.75 Å². The Morgan fingerprint density at radius 1 is 1.12 bits per heavy atom. The van der Waals surface area contributed by atoms with E-state index in [-0.39, 0.29) is 18.2 Å². The normalized spacial score (nSPS) is 16.7. The SMILES string of the molecule is COc1ccc([C@H](CC(=O)NO)C(=O)N2CCCC[C@H]2C(=O)Nc2ccc(F)cc2)cc1. The molecule has 1 aliphatic rings. The maximum atomic E-state index is 13.5. The van der Waals surface area contributed by atoms with Crippen LogP contribution in [0.3, 0.4) is 0 Å². The van der Waals surface area contributed by atoms with Crippen LogP contribution in [0.5, 0.6) is 5.75 Å². The topological polar surface area (TPSA) is 108 Å². The van der Waals surface area contributed by atoms with Gasteiger partial charge in [-0.3, -0.25) is 19.6 Å². The fraction of sp³-hybridized carbons (Fsp3) is 0.348. The lowest BCUT2D eigenvalue weighted by molar-refractivity contribution is -0.143. The minimum absolute atomic E-state index is 0.273. The maximum absolute atomic E-state index is 13.5. The third-order valence-corrected chi connectivity index (χ3v) is 5.53. The number of likely N-dealkylation sites (tertiary alicyclic amines) is 1. The second-order valence-electron chi connectivity index (χ2n) is 7.60. The molecule has 3 N–H and O–H groups in total. The quantitative estimate of drug-likeness (QED) is 0.451. The Hall–Kier alpha value is -3.46. The van der Waals surface area contributed by atoms with Crippen LogP contribution in [0.25, 0.3) is 0 Å². The van der Waals surface area contributed by atoms with Gasteiger partial charge in [-0.25, -0.2) is 9.87 Å². The smallest absolute Gasteiger partial charge is 0.247 e. The van der Waals surface area contributed by atoms with Crippen molar-refractivity contribution in [2.75, 3.05) is 19.0 Å². The molecule has 3 amide bonds. The standard InChI is InChI=1S/C23H26FN3O5/c1-32-18-11-5-15(6-12-18)19(14-21(28)26-31)23(30)27-13-3-2-4-20(27)22(29)25-17-9-7-16(24)8-10-17/h5-12,19-20,31H,2-4,13-14H2,1H3,(H,25,29)(H,26,28)/t19-,20-/m0/s1. The summed E-state index contributed by atoms with van der Waals surface area (Å²) in [5.41, 5.74) is 2.58. The third kappa shape index (κ3) is 5.61. The molecule has 1 aliphatic heterocycles. The molecule has 0 aliphatic carbocycles. The van der Waals surface area contributed by atoms with Crippen LogP contribution in [0.2, 0.25) is 0 Å². The first-order valence-electron chi connectivity index (χ1n) is 10.4. The number of piperidine rings is 1. The predicted molar refractivity (Wildman–Crippen MR) is 115 cm³/mol. The van der Waals surface area contributed by atoms with Gasteiger partial charge in [0.2, 0.25) is 17.7 Å². The zero-order valence-electron chi connectivity index (χ0n) is 17.7. The van der Waals surface area contributed by atoms with Crippen LogP contribution in [0, 0.1) is 5.82 Å². The van der Waals surface area contributed by atoms with E-state index in [4.69, 9.17) is 9.94 Å². The Morgan fingerprint density at radius 2 is 1.81 bits per heavy atom. The summed E-state index contributed by atoms with van der Waals surface area (Å²) in [6.45, 7) is 0.369. The molecule has 0 saturated carbocycles. The lowest BCUT2D eigenvalue weighted by Crippen LogP contribution is -2.51. The van der Waals surface area contributed by atoms with E-state index in [0.29, 0.717) is 30.0 Å². The van der Waals surface area contributed by atoms with Crippen LogP contribution in [0.1, 0.15) is 37.2 Å². The van der Waals surface area contributed by atoms with E-state index in [0.717, 1.165) is 12.8 Å². The van der Waals surface area contributed by atoms with Gasteiger partial charge in [-0.15, -0.1) is 0 Å². The lowest BCUT2D eigenvalue weighted by atomic mass is 9.91. The van der Waals surface area contributed by atoms with Gasteiger partial charge in [0, 0.05) is 18.7 Å². The van der Waals surface area contributed by atoms with Crippen molar-refractivity contribution >= 4 is 23.4 Å². The van der Waals surface area contributed by atoms with E-state index in [1.807, 2.05) is 0 Å². The highest BCUT2D eigenvalue weighted by Crippen LogP contribution is 2.29. The van der Waals surface area contributed by atoms with Crippen LogP contribution in [0.4, 0.5) is 10.1 Å². The number of hydrogen-bond acceptors (Lipinski definition) is 5. The number of ether oxygens (including phenoxy) is 1. The van der Waals surface area contributed by atoms with Crippen molar-refractivity contribution in [2.24, 2.45) is 0 Å². The Bertz CT molecular complexity index is 949. The largest absolute Gasteiger partial charge is 0.497 e. The Labute approximate surface area is 185 Å². The summed E-state index contributed by atoms with van der Waals surface area (Å²) in [6.07, 6.45) is 1.70. The molecule has 0 radical (unpaired) electrons. The van der Waals surface area contributed by atoms with Gasteiger partial charge in [-0.1, -0.05) is 12.1 Å². The number of rotatable bonds is 7. The number of carbonyl (C=O) groups is 3. The minimum atomic E-state index is -0.882. The molecule has 0 unspecified atom stereocenters. The van der Waals surface area contributed by atoms with E-state index < -0.39 is 23.7 Å². The molecule has 0 spiro atoms. The monoisotopic (exact) mass is 443 g/mol.